The van der Waals surface area contributed by atoms with E-state index in [1.807, 2.05) is 4.90 Å². The predicted octanol–water partition coefficient (Wildman–Crippen LogP) is 0.413. The van der Waals surface area contributed by atoms with Gasteiger partial charge in [-0.15, -0.1) is 0 Å². The highest BCUT2D eigenvalue weighted by Gasteiger charge is 2.22. The van der Waals surface area contributed by atoms with Crippen LogP contribution in [-0.4, -0.2) is 41.7 Å². The number of benzene rings is 1. The zero-order valence-corrected chi connectivity index (χ0v) is 9.90. The second-order valence-corrected chi connectivity index (χ2v) is 4.46. The molecule has 1 saturated heterocycles. The van der Waals surface area contributed by atoms with Crippen LogP contribution in [0.15, 0.2) is 18.2 Å². The zero-order chi connectivity index (χ0) is 13.1. The van der Waals surface area contributed by atoms with Crippen molar-refractivity contribution in [2.24, 2.45) is 0 Å². The maximum absolute atomic E-state index is 12.8. The lowest BCUT2D eigenvalue weighted by Gasteiger charge is -2.15. The van der Waals surface area contributed by atoms with Crippen LogP contribution in [0.3, 0.4) is 0 Å². The van der Waals surface area contributed by atoms with E-state index in [2.05, 4.69) is 5.32 Å². The molecule has 1 unspecified atom stereocenters. The van der Waals surface area contributed by atoms with Gasteiger partial charge in [0.2, 0.25) is 5.91 Å². The van der Waals surface area contributed by atoms with Gasteiger partial charge in [0.25, 0.3) is 0 Å². The second kappa shape index (κ2) is 5.32. The number of amides is 1. The smallest absolute Gasteiger partial charge is 0.238 e. The summed E-state index contributed by atoms with van der Waals surface area (Å²) in [4.78, 5) is 13.6. The highest BCUT2D eigenvalue weighted by Crippen LogP contribution is 2.19. The normalized spacial score (nSPS) is 20.0. The van der Waals surface area contributed by atoms with E-state index in [0.29, 0.717) is 25.2 Å². The van der Waals surface area contributed by atoms with Crippen molar-refractivity contribution >= 4 is 17.3 Å². The molecule has 0 saturated carbocycles. The third-order valence-corrected chi connectivity index (χ3v) is 2.90. The van der Waals surface area contributed by atoms with Crippen LogP contribution in [0.2, 0.25) is 0 Å². The van der Waals surface area contributed by atoms with Crippen molar-refractivity contribution in [1.29, 1.82) is 0 Å². The number of β-amino-alcohol motifs (C(OH)–C–C–N with tert-alkyl or cyclic N) is 1. The fraction of sp³-hybridized carbons (Fsp3) is 0.417. The number of nitrogens with one attached hydrogen (secondary N) is 1. The van der Waals surface area contributed by atoms with Crippen molar-refractivity contribution in [3.8, 4) is 0 Å². The fourth-order valence-corrected chi connectivity index (χ4v) is 2.00. The Bertz CT molecular complexity index is 453. The van der Waals surface area contributed by atoms with Gasteiger partial charge in [-0.1, -0.05) is 0 Å². The Morgan fingerprint density at radius 2 is 2.39 bits per heavy atom. The maximum Gasteiger partial charge on any atom is 0.238 e. The fourth-order valence-electron chi connectivity index (χ4n) is 2.00. The van der Waals surface area contributed by atoms with Gasteiger partial charge < -0.3 is 16.2 Å². The van der Waals surface area contributed by atoms with Crippen molar-refractivity contribution in [2.45, 2.75) is 12.5 Å². The number of aliphatic hydroxyl groups is 1. The summed E-state index contributed by atoms with van der Waals surface area (Å²) in [6.07, 6.45) is 0.333. The van der Waals surface area contributed by atoms with Gasteiger partial charge in [-0.3, -0.25) is 9.69 Å². The van der Waals surface area contributed by atoms with Gasteiger partial charge in [0.05, 0.1) is 24.0 Å². The number of nitrogen functional groups attached to an aromatic ring is 1. The summed E-state index contributed by atoms with van der Waals surface area (Å²) in [5.41, 5.74) is 6.19. The van der Waals surface area contributed by atoms with Crippen LogP contribution < -0.4 is 11.1 Å². The number of hydrogen-bond donors (Lipinski definition) is 3. The lowest BCUT2D eigenvalue weighted by molar-refractivity contribution is -0.117. The zero-order valence-electron chi connectivity index (χ0n) is 9.90. The Kier molecular flexibility index (Phi) is 3.78. The summed E-state index contributed by atoms with van der Waals surface area (Å²) in [5, 5.41) is 12.0. The average molecular weight is 253 g/mol. The molecule has 1 aromatic rings. The molecule has 1 fully saturated rings. The molecule has 0 aromatic heterocycles. The largest absolute Gasteiger partial charge is 0.397 e. The summed E-state index contributed by atoms with van der Waals surface area (Å²) in [6.45, 7) is 1.41. The number of nitrogens with zero attached hydrogens (tertiary/aromatic N) is 1. The number of likely N-dealkylation sites (tertiary alicyclic amines) is 1. The molecular formula is C12H16FN3O2. The van der Waals surface area contributed by atoms with E-state index in [-0.39, 0.29) is 24.2 Å². The number of hydrogen-bond acceptors (Lipinski definition) is 4. The molecule has 4 N–H and O–H groups in total. The molecule has 0 bridgehead atoms. The molecule has 1 aliphatic heterocycles. The maximum atomic E-state index is 12.8. The van der Waals surface area contributed by atoms with Crippen LogP contribution >= 0.6 is 0 Å². The number of halogens is 1. The van der Waals surface area contributed by atoms with Gasteiger partial charge >= 0.3 is 0 Å². The average Bonchev–Trinajstić information content (AvgIpc) is 2.68. The molecule has 1 atom stereocenters. The number of rotatable bonds is 3. The SMILES string of the molecule is Nc1cc(F)ccc1NC(=O)CN1CCC(O)C1. The Balaban J connectivity index is 1.91. The minimum Gasteiger partial charge on any atom is -0.397 e. The van der Waals surface area contributed by atoms with Crippen molar-refractivity contribution in [3.63, 3.8) is 0 Å². The molecule has 1 aliphatic rings. The molecule has 1 amide bonds. The summed E-state index contributed by atoms with van der Waals surface area (Å²) < 4.78 is 12.8. The van der Waals surface area contributed by atoms with Crippen molar-refractivity contribution in [3.05, 3.63) is 24.0 Å². The molecule has 18 heavy (non-hydrogen) atoms. The van der Waals surface area contributed by atoms with Gasteiger partial charge in [0, 0.05) is 13.1 Å². The van der Waals surface area contributed by atoms with Crippen molar-refractivity contribution in [1.82, 2.24) is 4.90 Å². The molecule has 1 aromatic carbocycles. The lowest BCUT2D eigenvalue weighted by atomic mass is 10.2. The molecule has 1 heterocycles. The molecule has 2 rings (SSSR count). The van der Waals surface area contributed by atoms with E-state index in [0.717, 1.165) is 6.07 Å². The molecule has 0 aliphatic carbocycles. The van der Waals surface area contributed by atoms with Gasteiger partial charge in [-0.05, 0) is 24.6 Å². The van der Waals surface area contributed by atoms with E-state index < -0.39 is 5.82 Å². The first-order valence-electron chi connectivity index (χ1n) is 5.80. The number of carbonyl (C=O) groups is 1. The monoisotopic (exact) mass is 253 g/mol. The van der Waals surface area contributed by atoms with Crippen molar-refractivity contribution in [2.75, 3.05) is 30.7 Å². The first-order valence-corrected chi connectivity index (χ1v) is 5.80. The quantitative estimate of drug-likeness (QED) is 0.682. The third-order valence-electron chi connectivity index (χ3n) is 2.90. The van der Waals surface area contributed by atoms with Crippen LogP contribution in [0, 0.1) is 5.82 Å². The number of nitrogens with two attached hydrogens (primary N) is 1. The number of carbonyl (C=O) groups excluding carboxylic acids is 1. The summed E-state index contributed by atoms with van der Waals surface area (Å²) in [7, 11) is 0. The second-order valence-electron chi connectivity index (χ2n) is 4.46. The van der Waals surface area contributed by atoms with Crippen LogP contribution in [-0.2, 0) is 4.79 Å². The molecular weight excluding hydrogens is 237 g/mol. The van der Waals surface area contributed by atoms with Crippen LogP contribution in [0.5, 0.6) is 0 Å². The van der Waals surface area contributed by atoms with E-state index in [9.17, 15) is 14.3 Å². The molecule has 5 nitrogen and oxygen atoms in total. The third kappa shape index (κ3) is 3.18. The predicted molar refractivity (Wildman–Crippen MR) is 66.5 cm³/mol. The van der Waals surface area contributed by atoms with Crippen LogP contribution in [0.25, 0.3) is 0 Å². The van der Waals surface area contributed by atoms with E-state index in [4.69, 9.17) is 5.73 Å². The molecule has 0 radical (unpaired) electrons. The van der Waals surface area contributed by atoms with E-state index in [1.54, 1.807) is 0 Å². The minimum atomic E-state index is -0.437. The Morgan fingerprint density at radius 3 is 3.00 bits per heavy atom. The molecule has 98 valence electrons. The first-order chi connectivity index (χ1) is 8.54. The van der Waals surface area contributed by atoms with Crippen LogP contribution in [0.4, 0.5) is 15.8 Å². The Hall–Kier alpha value is -1.66. The number of aliphatic hydroxyl groups excluding tert-OH is 1. The molecule has 6 heteroatoms. The molecule has 0 spiro atoms. The highest BCUT2D eigenvalue weighted by molar-refractivity contribution is 5.95. The number of anilines is 2. The van der Waals surface area contributed by atoms with Gasteiger partial charge in [0.15, 0.2) is 0 Å². The topological polar surface area (TPSA) is 78.6 Å². The van der Waals surface area contributed by atoms with Crippen LogP contribution in [0.1, 0.15) is 6.42 Å². The summed E-state index contributed by atoms with van der Waals surface area (Å²) in [5.74, 6) is -0.657. The summed E-state index contributed by atoms with van der Waals surface area (Å²) in [6, 6.07) is 3.84. The van der Waals surface area contributed by atoms with E-state index in [1.165, 1.54) is 12.1 Å². The Morgan fingerprint density at radius 1 is 1.61 bits per heavy atom. The summed E-state index contributed by atoms with van der Waals surface area (Å²) >= 11 is 0. The minimum absolute atomic E-state index is 0.199. The first kappa shape index (κ1) is 12.8. The van der Waals surface area contributed by atoms with Gasteiger partial charge in [-0.2, -0.15) is 0 Å². The Labute approximate surface area is 104 Å². The lowest BCUT2D eigenvalue weighted by Crippen LogP contribution is -2.32. The van der Waals surface area contributed by atoms with E-state index >= 15 is 0 Å². The highest BCUT2D eigenvalue weighted by atomic mass is 19.1. The van der Waals surface area contributed by atoms with Gasteiger partial charge in [-0.25, -0.2) is 4.39 Å². The standard InChI is InChI=1S/C12H16FN3O2/c13-8-1-2-11(10(14)5-8)15-12(18)7-16-4-3-9(17)6-16/h1-2,5,9,17H,3-4,6-7,14H2,(H,15,18). The van der Waals surface area contributed by atoms with Gasteiger partial charge in [0.1, 0.15) is 5.82 Å². The van der Waals surface area contributed by atoms with Crippen molar-refractivity contribution < 1.29 is 14.3 Å².